The second kappa shape index (κ2) is 10.8. The molecule has 1 saturated heterocycles. The van der Waals surface area contributed by atoms with Gasteiger partial charge in [0, 0.05) is 25.6 Å². The summed E-state index contributed by atoms with van der Waals surface area (Å²) in [4.78, 5) is 29.8. The molecule has 1 aliphatic rings. The molecule has 0 unspecified atom stereocenters. The standard InChI is InChI=1S/C24H39N3O2/c1-6-26(7-2)20(16-19-12-9-8-10-13-19)18-25-23(29)21-14-11-15-27(21)22(28)17-24(3,4)5/h8-10,12-13,20-21H,6-7,11,14-18H2,1-5H3,(H,25,29)/t20-,21+/m1/s1. The molecule has 0 bridgehead atoms. The lowest BCUT2D eigenvalue weighted by Gasteiger charge is -2.31. The minimum Gasteiger partial charge on any atom is -0.353 e. The van der Waals surface area contributed by atoms with Gasteiger partial charge in [-0.3, -0.25) is 14.5 Å². The van der Waals surface area contributed by atoms with Crippen LogP contribution in [0.3, 0.4) is 0 Å². The van der Waals surface area contributed by atoms with Crippen LogP contribution in [-0.2, 0) is 16.0 Å². The van der Waals surface area contributed by atoms with Gasteiger partial charge < -0.3 is 10.2 Å². The average Bonchev–Trinajstić information content (AvgIpc) is 3.16. The molecule has 2 atom stereocenters. The van der Waals surface area contributed by atoms with E-state index >= 15 is 0 Å². The Labute approximate surface area is 176 Å². The summed E-state index contributed by atoms with van der Waals surface area (Å²) >= 11 is 0. The van der Waals surface area contributed by atoms with Gasteiger partial charge in [0.2, 0.25) is 11.8 Å². The zero-order valence-electron chi connectivity index (χ0n) is 18.9. The van der Waals surface area contributed by atoms with Crippen molar-refractivity contribution in [1.29, 1.82) is 0 Å². The van der Waals surface area contributed by atoms with Crippen molar-refractivity contribution < 1.29 is 9.59 Å². The Kier molecular flexibility index (Phi) is 8.69. The van der Waals surface area contributed by atoms with Gasteiger partial charge in [-0.15, -0.1) is 0 Å². The van der Waals surface area contributed by atoms with Crippen molar-refractivity contribution in [2.24, 2.45) is 5.41 Å². The largest absolute Gasteiger partial charge is 0.353 e. The molecule has 1 aromatic carbocycles. The summed E-state index contributed by atoms with van der Waals surface area (Å²) in [7, 11) is 0. The van der Waals surface area contributed by atoms with Crippen molar-refractivity contribution in [2.75, 3.05) is 26.2 Å². The number of hydrogen-bond acceptors (Lipinski definition) is 3. The molecule has 1 heterocycles. The van der Waals surface area contributed by atoms with E-state index < -0.39 is 0 Å². The Hall–Kier alpha value is -1.88. The smallest absolute Gasteiger partial charge is 0.242 e. The molecule has 2 amide bonds. The summed E-state index contributed by atoms with van der Waals surface area (Å²) in [5.41, 5.74) is 1.21. The van der Waals surface area contributed by atoms with Crippen molar-refractivity contribution in [2.45, 2.75) is 72.4 Å². The van der Waals surface area contributed by atoms with Crippen LogP contribution in [0.1, 0.15) is 59.4 Å². The predicted octanol–water partition coefficient (Wildman–Crippen LogP) is 3.48. The lowest BCUT2D eigenvalue weighted by molar-refractivity contribution is -0.139. The molecule has 0 spiro atoms. The van der Waals surface area contributed by atoms with E-state index in [0.29, 0.717) is 19.5 Å². The van der Waals surface area contributed by atoms with Crippen molar-refractivity contribution in [3.05, 3.63) is 35.9 Å². The van der Waals surface area contributed by atoms with Crippen LogP contribution in [0, 0.1) is 5.41 Å². The van der Waals surface area contributed by atoms with Crippen LogP contribution < -0.4 is 5.32 Å². The normalized spacial score (nSPS) is 18.1. The van der Waals surface area contributed by atoms with Gasteiger partial charge in [-0.1, -0.05) is 65.0 Å². The third kappa shape index (κ3) is 7.14. The molecule has 0 aliphatic carbocycles. The number of carbonyl (C=O) groups excluding carboxylic acids is 2. The van der Waals surface area contributed by atoms with Gasteiger partial charge >= 0.3 is 0 Å². The highest BCUT2D eigenvalue weighted by molar-refractivity contribution is 5.88. The molecule has 1 fully saturated rings. The van der Waals surface area contributed by atoms with Gasteiger partial charge in [-0.2, -0.15) is 0 Å². The Bertz CT molecular complexity index is 650. The van der Waals surface area contributed by atoms with Gasteiger partial charge in [0.1, 0.15) is 6.04 Å². The minimum absolute atomic E-state index is 0.00465. The van der Waals surface area contributed by atoms with E-state index in [0.717, 1.165) is 32.4 Å². The minimum atomic E-state index is -0.320. The fraction of sp³-hybridized carbons (Fsp3) is 0.667. The number of carbonyl (C=O) groups is 2. The second-order valence-corrected chi connectivity index (χ2v) is 9.29. The molecule has 1 aromatic rings. The molecule has 1 aliphatic heterocycles. The molecule has 29 heavy (non-hydrogen) atoms. The van der Waals surface area contributed by atoms with E-state index in [4.69, 9.17) is 0 Å². The molecule has 2 rings (SSSR count). The quantitative estimate of drug-likeness (QED) is 0.689. The van der Waals surface area contributed by atoms with Crippen LogP contribution in [0.25, 0.3) is 0 Å². The Morgan fingerprint density at radius 2 is 1.83 bits per heavy atom. The van der Waals surface area contributed by atoms with E-state index in [1.54, 1.807) is 4.90 Å². The van der Waals surface area contributed by atoms with Crippen molar-refractivity contribution in [1.82, 2.24) is 15.1 Å². The number of hydrogen-bond donors (Lipinski definition) is 1. The first-order chi connectivity index (χ1) is 13.7. The maximum Gasteiger partial charge on any atom is 0.242 e. The summed E-state index contributed by atoms with van der Waals surface area (Å²) in [5, 5.41) is 3.17. The predicted molar refractivity (Wildman–Crippen MR) is 119 cm³/mol. The van der Waals surface area contributed by atoms with Gasteiger partial charge in [0.15, 0.2) is 0 Å². The first-order valence-corrected chi connectivity index (χ1v) is 11.1. The summed E-state index contributed by atoms with van der Waals surface area (Å²) in [6.07, 6.45) is 3.04. The topological polar surface area (TPSA) is 52.7 Å². The Morgan fingerprint density at radius 1 is 1.17 bits per heavy atom. The number of benzene rings is 1. The van der Waals surface area contributed by atoms with E-state index in [-0.39, 0.29) is 29.3 Å². The maximum atomic E-state index is 13.0. The summed E-state index contributed by atoms with van der Waals surface area (Å²) in [6, 6.07) is 10.4. The Morgan fingerprint density at radius 3 is 2.41 bits per heavy atom. The highest BCUT2D eigenvalue weighted by Gasteiger charge is 2.35. The van der Waals surface area contributed by atoms with Crippen molar-refractivity contribution >= 4 is 11.8 Å². The molecular weight excluding hydrogens is 362 g/mol. The third-order valence-electron chi connectivity index (χ3n) is 5.71. The fourth-order valence-corrected chi connectivity index (χ4v) is 4.19. The van der Waals surface area contributed by atoms with Crippen LogP contribution in [-0.4, -0.2) is 59.9 Å². The first kappa shape index (κ1) is 23.4. The highest BCUT2D eigenvalue weighted by atomic mass is 16.2. The molecule has 162 valence electrons. The van der Waals surface area contributed by atoms with Crippen molar-refractivity contribution in [3.63, 3.8) is 0 Å². The van der Waals surface area contributed by atoms with Gasteiger partial charge in [0.05, 0.1) is 0 Å². The number of amides is 2. The van der Waals surface area contributed by atoms with Crippen LogP contribution >= 0.6 is 0 Å². The number of nitrogens with zero attached hydrogens (tertiary/aromatic N) is 2. The van der Waals surface area contributed by atoms with Gasteiger partial charge in [-0.25, -0.2) is 0 Å². The molecule has 5 nitrogen and oxygen atoms in total. The lowest BCUT2D eigenvalue weighted by atomic mass is 9.91. The molecule has 5 heteroatoms. The van der Waals surface area contributed by atoms with Crippen LogP contribution in [0.4, 0.5) is 0 Å². The summed E-state index contributed by atoms with van der Waals surface area (Å²) in [6.45, 7) is 13.7. The number of likely N-dealkylation sites (tertiary alicyclic amines) is 1. The van der Waals surface area contributed by atoms with Crippen LogP contribution in [0.2, 0.25) is 0 Å². The number of rotatable bonds is 9. The van der Waals surface area contributed by atoms with Crippen LogP contribution in [0.5, 0.6) is 0 Å². The zero-order chi connectivity index (χ0) is 21.4. The van der Waals surface area contributed by atoms with Crippen LogP contribution in [0.15, 0.2) is 30.3 Å². The highest BCUT2D eigenvalue weighted by Crippen LogP contribution is 2.25. The average molecular weight is 402 g/mol. The first-order valence-electron chi connectivity index (χ1n) is 11.1. The number of nitrogens with one attached hydrogen (secondary N) is 1. The Balaban J connectivity index is 2.00. The number of likely N-dealkylation sites (N-methyl/N-ethyl adjacent to an activating group) is 1. The molecule has 1 N–H and O–H groups in total. The second-order valence-electron chi connectivity index (χ2n) is 9.29. The monoisotopic (exact) mass is 401 g/mol. The lowest BCUT2D eigenvalue weighted by Crippen LogP contribution is -2.51. The van der Waals surface area contributed by atoms with E-state index in [2.05, 4.69) is 69.1 Å². The molecule has 0 aromatic heterocycles. The summed E-state index contributed by atoms with van der Waals surface area (Å²) < 4.78 is 0. The SMILES string of the molecule is CCN(CC)[C@@H](CNC(=O)[C@@H]1CCCN1C(=O)CC(C)(C)C)Cc1ccccc1. The van der Waals surface area contributed by atoms with Crippen molar-refractivity contribution in [3.8, 4) is 0 Å². The van der Waals surface area contributed by atoms with E-state index in [1.165, 1.54) is 5.56 Å². The fourth-order valence-electron chi connectivity index (χ4n) is 4.19. The maximum absolute atomic E-state index is 13.0. The van der Waals surface area contributed by atoms with Gasteiger partial charge in [-0.05, 0) is 43.3 Å². The molecule has 0 saturated carbocycles. The summed E-state index contributed by atoms with van der Waals surface area (Å²) in [5.74, 6) is 0.0923. The third-order valence-corrected chi connectivity index (χ3v) is 5.71. The molecule has 0 radical (unpaired) electrons. The van der Waals surface area contributed by atoms with E-state index in [9.17, 15) is 9.59 Å². The van der Waals surface area contributed by atoms with Gasteiger partial charge in [0.25, 0.3) is 0 Å². The zero-order valence-corrected chi connectivity index (χ0v) is 18.9. The van der Waals surface area contributed by atoms with E-state index in [1.807, 2.05) is 6.07 Å². The molecular formula is C24H39N3O2.